The lowest BCUT2D eigenvalue weighted by Gasteiger charge is -2.42. The van der Waals surface area contributed by atoms with Crippen LogP contribution in [0, 0.1) is 11.8 Å². The second-order valence-corrected chi connectivity index (χ2v) is 6.67. The first kappa shape index (κ1) is 15.4. The monoisotopic (exact) mass is 280 g/mol. The van der Waals surface area contributed by atoms with Crippen LogP contribution in [0.3, 0.4) is 0 Å². The Balaban J connectivity index is 2.02. The highest BCUT2D eigenvalue weighted by Crippen LogP contribution is 2.19. The Morgan fingerprint density at radius 2 is 2.05 bits per heavy atom. The van der Waals surface area contributed by atoms with Crippen molar-refractivity contribution in [1.29, 1.82) is 0 Å². The van der Waals surface area contributed by atoms with Crippen LogP contribution in [-0.4, -0.2) is 50.3 Å². The van der Waals surface area contributed by atoms with Crippen molar-refractivity contribution in [2.24, 2.45) is 18.9 Å². The molecule has 2 rings (SSSR count). The van der Waals surface area contributed by atoms with Crippen LogP contribution in [0.15, 0.2) is 0 Å². The average molecular weight is 280 g/mol. The summed E-state index contributed by atoms with van der Waals surface area (Å²) < 4.78 is 0. The van der Waals surface area contributed by atoms with Gasteiger partial charge in [-0.15, -0.1) is 10.2 Å². The van der Waals surface area contributed by atoms with Gasteiger partial charge in [-0.05, 0) is 23.5 Å². The minimum atomic E-state index is 0.544. The van der Waals surface area contributed by atoms with Gasteiger partial charge in [0.25, 0.3) is 0 Å². The van der Waals surface area contributed by atoms with Crippen LogP contribution in [-0.2, 0) is 13.6 Å². The minimum absolute atomic E-state index is 0.544. The van der Waals surface area contributed by atoms with Gasteiger partial charge in [0.15, 0.2) is 5.82 Å². The lowest BCUT2D eigenvalue weighted by molar-refractivity contribution is 0.0826. The number of hydrogen-bond acceptors (Lipinski definition) is 5. The highest BCUT2D eigenvalue weighted by Gasteiger charge is 2.30. The van der Waals surface area contributed by atoms with Crippen LogP contribution in [0.25, 0.3) is 0 Å². The highest BCUT2D eigenvalue weighted by atomic mass is 15.6. The van der Waals surface area contributed by atoms with E-state index in [0.717, 1.165) is 31.4 Å². The topological polar surface area (TPSA) is 58.9 Å². The smallest absolute Gasteiger partial charge is 0.188 e. The summed E-state index contributed by atoms with van der Waals surface area (Å²) >= 11 is 0. The van der Waals surface area contributed by atoms with E-state index in [4.69, 9.17) is 0 Å². The van der Waals surface area contributed by atoms with Gasteiger partial charge in [0.1, 0.15) is 0 Å². The van der Waals surface area contributed by atoms with Gasteiger partial charge in [-0.2, -0.15) is 4.80 Å². The molecule has 2 atom stereocenters. The number of rotatable bonds is 5. The molecule has 2 heterocycles. The molecule has 0 aliphatic carbocycles. The van der Waals surface area contributed by atoms with Crippen molar-refractivity contribution in [3.63, 3.8) is 0 Å². The lowest BCUT2D eigenvalue weighted by atomic mass is 9.95. The van der Waals surface area contributed by atoms with Crippen LogP contribution in [0.4, 0.5) is 0 Å². The largest absolute Gasteiger partial charge is 0.311 e. The van der Waals surface area contributed by atoms with E-state index in [1.165, 1.54) is 11.2 Å². The van der Waals surface area contributed by atoms with E-state index in [-0.39, 0.29) is 0 Å². The molecule has 0 amide bonds. The van der Waals surface area contributed by atoms with Crippen molar-refractivity contribution in [1.82, 2.24) is 30.4 Å². The molecular weight excluding hydrogens is 252 g/mol. The maximum Gasteiger partial charge on any atom is 0.188 e. The number of aryl methyl sites for hydroxylation is 1. The second kappa shape index (κ2) is 6.63. The molecule has 1 aromatic rings. The van der Waals surface area contributed by atoms with Crippen LogP contribution in [0.2, 0.25) is 0 Å². The summed E-state index contributed by atoms with van der Waals surface area (Å²) in [6.45, 7) is 12.1. The first-order valence-corrected chi connectivity index (χ1v) is 7.66. The summed E-state index contributed by atoms with van der Waals surface area (Å²) in [5, 5.41) is 16.1. The predicted octanol–water partition coefficient (Wildman–Crippen LogP) is 1.05. The Labute approximate surface area is 121 Å². The van der Waals surface area contributed by atoms with Crippen molar-refractivity contribution in [3.05, 3.63) is 5.82 Å². The molecule has 1 saturated heterocycles. The Hall–Kier alpha value is -1.01. The summed E-state index contributed by atoms with van der Waals surface area (Å²) in [7, 11) is 1.82. The van der Waals surface area contributed by atoms with Gasteiger partial charge in [-0.25, -0.2) is 0 Å². The third-order valence-corrected chi connectivity index (χ3v) is 3.96. The van der Waals surface area contributed by atoms with Crippen LogP contribution in [0.5, 0.6) is 0 Å². The maximum atomic E-state index is 4.32. The Kier molecular flexibility index (Phi) is 5.10. The number of nitrogens with one attached hydrogen (secondary N) is 1. The standard InChI is InChI=1S/C14H28N6/c1-10(2)6-12-8-20(13(7-15-12)11(3)4)9-14-16-18-19(5)17-14/h10-13,15H,6-9H2,1-5H3. The molecule has 0 bridgehead atoms. The molecule has 114 valence electrons. The zero-order chi connectivity index (χ0) is 14.7. The summed E-state index contributed by atoms with van der Waals surface area (Å²) in [6.07, 6.45) is 1.22. The molecular formula is C14H28N6. The van der Waals surface area contributed by atoms with Crippen molar-refractivity contribution < 1.29 is 0 Å². The number of piperazine rings is 1. The van der Waals surface area contributed by atoms with Crippen molar-refractivity contribution >= 4 is 0 Å². The summed E-state index contributed by atoms with van der Waals surface area (Å²) in [5.41, 5.74) is 0. The normalized spacial score (nSPS) is 24.8. The van der Waals surface area contributed by atoms with E-state index in [2.05, 4.69) is 53.3 Å². The molecule has 0 saturated carbocycles. The molecule has 20 heavy (non-hydrogen) atoms. The third-order valence-electron chi connectivity index (χ3n) is 3.96. The van der Waals surface area contributed by atoms with Gasteiger partial charge in [-0.3, -0.25) is 4.90 Å². The van der Waals surface area contributed by atoms with Gasteiger partial charge >= 0.3 is 0 Å². The quantitative estimate of drug-likeness (QED) is 0.874. The predicted molar refractivity (Wildman–Crippen MR) is 79.1 cm³/mol. The number of tetrazole rings is 1. The Morgan fingerprint density at radius 3 is 2.60 bits per heavy atom. The fraction of sp³-hybridized carbons (Fsp3) is 0.929. The SMILES string of the molecule is CC(C)CC1CN(Cc2nnn(C)n2)C(C(C)C)CN1. The molecule has 2 unspecified atom stereocenters. The molecule has 0 radical (unpaired) electrons. The Bertz CT molecular complexity index is 414. The van der Waals surface area contributed by atoms with Crippen molar-refractivity contribution in [2.45, 2.75) is 52.7 Å². The molecule has 1 aliphatic heterocycles. The van der Waals surface area contributed by atoms with E-state index in [1.807, 2.05) is 7.05 Å². The van der Waals surface area contributed by atoms with Crippen LogP contribution >= 0.6 is 0 Å². The van der Waals surface area contributed by atoms with E-state index in [9.17, 15) is 0 Å². The summed E-state index contributed by atoms with van der Waals surface area (Å²) in [6, 6.07) is 1.11. The van der Waals surface area contributed by atoms with Gasteiger partial charge < -0.3 is 5.32 Å². The zero-order valence-corrected chi connectivity index (χ0v) is 13.4. The fourth-order valence-electron chi connectivity index (χ4n) is 3.03. The third kappa shape index (κ3) is 3.99. The number of hydrogen-bond donors (Lipinski definition) is 1. The van der Waals surface area contributed by atoms with E-state index in [1.54, 1.807) is 0 Å². The molecule has 1 N–H and O–H groups in total. The van der Waals surface area contributed by atoms with Crippen LogP contribution < -0.4 is 5.32 Å². The number of aromatic nitrogens is 4. The lowest BCUT2D eigenvalue weighted by Crippen LogP contribution is -2.58. The summed E-state index contributed by atoms with van der Waals surface area (Å²) in [5.74, 6) is 2.17. The highest BCUT2D eigenvalue weighted by molar-refractivity contribution is 4.91. The van der Waals surface area contributed by atoms with Gasteiger partial charge in [-0.1, -0.05) is 27.7 Å². The zero-order valence-electron chi connectivity index (χ0n) is 13.4. The van der Waals surface area contributed by atoms with Gasteiger partial charge in [0, 0.05) is 25.2 Å². The van der Waals surface area contributed by atoms with Crippen molar-refractivity contribution in [3.8, 4) is 0 Å². The van der Waals surface area contributed by atoms with E-state index in [0.29, 0.717) is 18.0 Å². The van der Waals surface area contributed by atoms with E-state index >= 15 is 0 Å². The minimum Gasteiger partial charge on any atom is -0.311 e. The van der Waals surface area contributed by atoms with Crippen LogP contribution in [0.1, 0.15) is 39.9 Å². The molecule has 1 fully saturated rings. The number of nitrogens with zero attached hydrogens (tertiary/aromatic N) is 5. The van der Waals surface area contributed by atoms with Gasteiger partial charge in [0.2, 0.25) is 0 Å². The second-order valence-electron chi connectivity index (χ2n) is 6.67. The molecule has 0 spiro atoms. The van der Waals surface area contributed by atoms with Gasteiger partial charge in [0.05, 0.1) is 13.6 Å². The molecule has 1 aliphatic rings. The summed E-state index contributed by atoms with van der Waals surface area (Å²) in [4.78, 5) is 4.05. The first-order valence-electron chi connectivity index (χ1n) is 7.66. The fourth-order valence-corrected chi connectivity index (χ4v) is 3.03. The molecule has 0 aromatic carbocycles. The first-order chi connectivity index (χ1) is 9.45. The average Bonchev–Trinajstić information content (AvgIpc) is 2.73. The molecule has 6 heteroatoms. The maximum absolute atomic E-state index is 4.32. The van der Waals surface area contributed by atoms with Crippen molar-refractivity contribution in [2.75, 3.05) is 13.1 Å². The van der Waals surface area contributed by atoms with E-state index < -0.39 is 0 Å². The molecule has 1 aromatic heterocycles. The molecule has 6 nitrogen and oxygen atoms in total. The Morgan fingerprint density at radius 1 is 1.30 bits per heavy atom.